The SMILES string of the molecule is Cc1cc(F)ccc1NC(=O)Cn1ccc2c(=O)[nH]ccc21. The maximum Gasteiger partial charge on any atom is 0.257 e. The van der Waals surface area contributed by atoms with Gasteiger partial charge < -0.3 is 14.9 Å². The van der Waals surface area contributed by atoms with E-state index in [1.807, 2.05) is 0 Å². The Bertz CT molecular complexity index is 911. The molecule has 112 valence electrons. The third-order valence-corrected chi connectivity index (χ3v) is 3.48. The molecular formula is C16H14FN3O2. The number of benzene rings is 1. The minimum atomic E-state index is -0.342. The largest absolute Gasteiger partial charge is 0.338 e. The highest BCUT2D eigenvalue weighted by Gasteiger charge is 2.09. The summed E-state index contributed by atoms with van der Waals surface area (Å²) in [6.07, 6.45) is 3.24. The molecule has 0 aliphatic heterocycles. The number of aromatic amines is 1. The number of pyridine rings is 1. The number of amides is 1. The summed E-state index contributed by atoms with van der Waals surface area (Å²) in [5.41, 5.74) is 1.73. The summed E-state index contributed by atoms with van der Waals surface area (Å²) in [4.78, 5) is 26.4. The zero-order valence-electron chi connectivity index (χ0n) is 11.9. The number of hydrogen-bond acceptors (Lipinski definition) is 2. The summed E-state index contributed by atoms with van der Waals surface area (Å²) < 4.78 is 14.7. The molecular weight excluding hydrogens is 285 g/mol. The number of carbonyl (C=O) groups is 1. The molecule has 0 atom stereocenters. The molecule has 1 amide bonds. The molecule has 0 spiro atoms. The molecule has 0 saturated carbocycles. The average molecular weight is 299 g/mol. The molecule has 2 aromatic heterocycles. The Morgan fingerprint density at radius 3 is 2.91 bits per heavy atom. The lowest BCUT2D eigenvalue weighted by Crippen LogP contribution is -2.19. The van der Waals surface area contributed by atoms with Crippen molar-refractivity contribution >= 4 is 22.5 Å². The van der Waals surface area contributed by atoms with E-state index >= 15 is 0 Å². The molecule has 22 heavy (non-hydrogen) atoms. The van der Waals surface area contributed by atoms with Crippen LogP contribution in [0.5, 0.6) is 0 Å². The van der Waals surface area contributed by atoms with E-state index in [4.69, 9.17) is 0 Å². The molecule has 0 aliphatic carbocycles. The first-order chi connectivity index (χ1) is 10.5. The Kier molecular flexibility index (Phi) is 3.50. The molecule has 5 nitrogen and oxygen atoms in total. The summed E-state index contributed by atoms with van der Waals surface area (Å²) >= 11 is 0. The van der Waals surface area contributed by atoms with Crippen LogP contribution >= 0.6 is 0 Å². The van der Waals surface area contributed by atoms with E-state index in [-0.39, 0.29) is 23.8 Å². The first kappa shape index (κ1) is 14.1. The van der Waals surface area contributed by atoms with Crippen molar-refractivity contribution in [3.8, 4) is 0 Å². The van der Waals surface area contributed by atoms with Crippen molar-refractivity contribution in [3.05, 3.63) is 64.5 Å². The van der Waals surface area contributed by atoms with Crippen molar-refractivity contribution in [2.75, 3.05) is 5.32 Å². The quantitative estimate of drug-likeness (QED) is 0.780. The number of aryl methyl sites for hydroxylation is 1. The van der Waals surface area contributed by atoms with Crippen LogP contribution in [0.2, 0.25) is 0 Å². The predicted octanol–water partition coefficient (Wildman–Crippen LogP) is 2.42. The lowest BCUT2D eigenvalue weighted by molar-refractivity contribution is -0.116. The van der Waals surface area contributed by atoms with E-state index in [1.54, 1.807) is 36.0 Å². The number of fused-ring (bicyclic) bond motifs is 1. The first-order valence-electron chi connectivity index (χ1n) is 6.77. The van der Waals surface area contributed by atoms with E-state index in [0.717, 1.165) is 0 Å². The van der Waals surface area contributed by atoms with Crippen LogP contribution in [-0.4, -0.2) is 15.5 Å². The number of anilines is 1. The molecule has 6 heteroatoms. The van der Waals surface area contributed by atoms with Crippen molar-refractivity contribution in [2.45, 2.75) is 13.5 Å². The third kappa shape index (κ3) is 2.63. The van der Waals surface area contributed by atoms with E-state index < -0.39 is 0 Å². The van der Waals surface area contributed by atoms with Crippen LogP contribution in [0.1, 0.15) is 5.56 Å². The predicted molar refractivity (Wildman–Crippen MR) is 82.3 cm³/mol. The molecule has 0 radical (unpaired) electrons. The van der Waals surface area contributed by atoms with Crippen LogP contribution in [0.15, 0.2) is 47.5 Å². The fourth-order valence-electron chi connectivity index (χ4n) is 2.39. The van der Waals surface area contributed by atoms with Gasteiger partial charge in [-0.25, -0.2) is 4.39 Å². The zero-order chi connectivity index (χ0) is 15.7. The number of aromatic nitrogens is 2. The molecule has 2 N–H and O–H groups in total. The number of nitrogens with zero attached hydrogens (tertiary/aromatic N) is 1. The lowest BCUT2D eigenvalue weighted by atomic mass is 10.2. The minimum Gasteiger partial charge on any atom is -0.338 e. The number of nitrogens with one attached hydrogen (secondary N) is 2. The van der Waals surface area contributed by atoms with E-state index in [9.17, 15) is 14.0 Å². The fraction of sp³-hybridized carbons (Fsp3) is 0.125. The summed E-state index contributed by atoms with van der Waals surface area (Å²) in [7, 11) is 0. The molecule has 0 fully saturated rings. The smallest absolute Gasteiger partial charge is 0.257 e. The van der Waals surface area contributed by atoms with Gasteiger partial charge >= 0.3 is 0 Å². The van der Waals surface area contributed by atoms with Gasteiger partial charge in [0.1, 0.15) is 12.4 Å². The summed E-state index contributed by atoms with van der Waals surface area (Å²) in [6, 6.07) is 7.60. The lowest BCUT2D eigenvalue weighted by Gasteiger charge is -2.09. The summed E-state index contributed by atoms with van der Waals surface area (Å²) in [5.74, 6) is -0.585. The molecule has 3 aromatic rings. The van der Waals surface area contributed by atoms with Crippen molar-refractivity contribution in [1.82, 2.24) is 9.55 Å². The van der Waals surface area contributed by atoms with Crippen molar-refractivity contribution in [1.29, 1.82) is 0 Å². The van der Waals surface area contributed by atoms with Crippen LogP contribution in [0, 0.1) is 12.7 Å². The highest BCUT2D eigenvalue weighted by Crippen LogP contribution is 2.16. The van der Waals surface area contributed by atoms with Gasteiger partial charge in [0.2, 0.25) is 5.91 Å². The second-order valence-corrected chi connectivity index (χ2v) is 5.06. The van der Waals surface area contributed by atoms with Gasteiger partial charge in [0.25, 0.3) is 5.56 Å². The monoisotopic (exact) mass is 299 g/mol. The average Bonchev–Trinajstić information content (AvgIpc) is 2.87. The van der Waals surface area contributed by atoms with Crippen LogP contribution in [-0.2, 0) is 11.3 Å². The molecule has 3 rings (SSSR count). The molecule has 2 heterocycles. The maximum absolute atomic E-state index is 13.1. The highest BCUT2D eigenvalue weighted by atomic mass is 19.1. The van der Waals surface area contributed by atoms with Gasteiger partial charge in [-0.3, -0.25) is 9.59 Å². The zero-order valence-corrected chi connectivity index (χ0v) is 11.9. The van der Waals surface area contributed by atoms with Gasteiger partial charge in [-0.2, -0.15) is 0 Å². The number of H-pyrrole nitrogens is 1. The van der Waals surface area contributed by atoms with E-state index in [1.165, 1.54) is 18.2 Å². The van der Waals surface area contributed by atoms with Gasteiger partial charge in [-0.15, -0.1) is 0 Å². The van der Waals surface area contributed by atoms with E-state index in [0.29, 0.717) is 22.2 Å². The van der Waals surface area contributed by atoms with Gasteiger partial charge in [0.05, 0.1) is 10.9 Å². The van der Waals surface area contributed by atoms with Crippen LogP contribution < -0.4 is 10.9 Å². The fourth-order valence-corrected chi connectivity index (χ4v) is 2.39. The van der Waals surface area contributed by atoms with Crippen LogP contribution in [0.3, 0.4) is 0 Å². The molecule has 0 aliphatic rings. The van der Waals surface area contributed by atoms with E-state index in [2.05, 4.69) is 10.3 Å². The number of rotatable bonds is 3. The van der Waals surface area contributed by atoms with Gasteiger partial charge in [-0.05, 0) is 42.8 Å². The van der Waals surface area contributed by atoms with Crippen LogP contribution in [0.25, 0.3) is 10.9 Å². The first-order valence-corrected chi connectivity index (χ1v) is 6.77. The maximum atomic E-state index is 13.1. The standard InChI is InChI=1S/C16H14FN3O2/c1-10-8-11(17)2-3-13(10)19-15(21)9-20-7-5-12-14(20)4-6-18-16(12)22/h2-8H,9H2,1H3,(H,18,22)(H,19,21). The number of carbonyl (C=O) groups excluding carboxylic acids is 1. The van der Waals surface area contributed by atoms with Gasteiger partial charge in [-0.1, -0.05) is 0 Å². The minimum absolute atomic E-state index is 0.0732. The third-order valence-electron chi connectivity index (χ3n) is 3.48. The summed E-state index contributed by atoms with van der Waals surface area (Å²) in [5, 5.41) is 3.28. The Morgan fingerprint density at radius 1 is 1.32 bits per heavy atom. The highest BCUT2D eigenvalue weighted by molar-refractivity contribution is 5.92. The van der Waals surface area contributed by atoms with Crippen LogP contribution in [0.4, 0.5) is 10.1 Å². The number of halogens is 1. The number of hydrogen-bond donors (Lipinski definition) is 2. The topological polar surface area (TPSA) is 66.9 Å². The normalized spacial score (nSPS) is 10.8. The Hall–Kier alpha value is -2.89. The molecule has 0 bridgehead atoms. The van der Waals surface area contributed by atoms with Crippen molar-refractivity contribution in [3.63, 3.8) is 0 Å². The van der Waals surface area contributed by atoms with Gasteiger partial charge in [0.15, 0.2) is 0 Å². The summed E-state index contributed by atoms with van der Waals surface area (Å²) in [6.45, 7) is 1.80. The van der Waals surface area contributed by atoms with Gasteiger partial charge in [0, 0.05) is 18.1 Å². The molecule has 0 unspecified atom stereocenters. The van der Waals surface area contributed by atoms with Crippen molar-refractivity contribution < 1.29 is 9.18 Å². The Balaban J connectivity index is 1.81. The molecule has 1 aromatic carbocycles. The second kappa shape index (κ2) is 5.48. The Labute approximate surface area is 125 Å². The second-order valence-electron chi connectivity index (χ2n) is 5.06. The van der Waals surface area contributed by atoms with Crippen molar-refractivity contribution in [2.24, 2.45) is 0 Å². The Morgan fingerprint density at radius 2 is 2.14 bits per heavy atom. The molecule has 0 saturated heterocycles.